The van der Waals surface area contributed by atoms with Crippen molar-refractivity contribution < 1.29 is 18.6 Å². The van der Waals surface area contributed by atoms with E-state index in [4.69, 9.17) is 4.74 Å². The zero-order valence-corrected chi connectivity index (χ0v) is 7.91. The Morgan fingerprint density at radius 2 is 1.93 bits per heavy atom. The SMILES string of the molecule is OC1COCC1Nc1c(F)cccc1F. The van der Waals surface area contributed by atoms with Gasteiger partial charge in [0.15, 0.2) is 0 Å². The Bertz CT molecular complexity index is 339. The maximum Gasteiger partial charge on any atom is 0.149 e. The molecule has 1 heterocycles. The van der Waals surface area contributed by atoms with Crippen LogP contribution in [0.25, 0.3) is 0 Å². The number of benzene rings is 1. The first-order valence-electron chi connectivity index (χ1n) is 4.65. The molecular formula is C10H11F2NO2. The minimum absolute atomic E-state index is 0.188. The molecule has 0 saturated carbocycles. The highest BCUT2D eigenvalue weighted by molar-refractivity contribution is 5.47. The first-order chi connectivity index (χ1) is 7.18. The maximum absolute atomic E-state index is 13.2. The molecule has 2 atom stereocenters. The van der Waals surface area contributed by atoms with Crippen molar-refractivity contribution in [3.05, 3.63) is 29.8 Å². The van der Waals surface area contributed by atoms with E-state index in [1.54, 1.807) is 0 Å². The third-order valence-electron chi connectivity index (χ3n) is 2.34. The van der Waals surface area contributed by atoms with Gasteiger partial charge in [-0.05, 0) is 12.1 Å². The lowest BCUT2D eigenvalue weighted by molar-refractivity contribution is 0.125. The molecule has 5 heteroatoms. The monoisotopic (exact) mass is 215 g/mol. The van der Waals surface area contributed by atoms with Gasteiger partial charge in [-0.15, -0.1) is 0 Å². The van der Waals surface area contributed by atoms with Crippen LogP contribution in [0, 0.1) is 11.6 Å². The summed E-state index contributed by atoms with van der Waals surface area (Å²) in [5, 5.41) is 12.0. The predicted octanol–water partition coefficient (Wildman–Crippen LogP) is 1.14. The average molecular weight is 215 g/mol. The highest BCUT2D eigenvalue weighted by Crippen LogP contribution is 2.21. The molecule has 0 aromatic heterocycles. The number of hydrogen-bond donors (Lipinski definition) is 2. The smallest absolute Gasteiger partial charge is 0.149 e. The molecule has 1 aliphatic rings. The quantitative estimate of drug-likeness (QED) is 0.777. The molecule has 1 aliphatic heterocycles. The summed E-state index contributed by atoms with van der Waals surface area (Å²) in [6.07, 6.45) is -0.732. The number of ether oxygens (including phenoxy) is 1. The Labute approximate surface area is 85.7 Å². The fraction of sp³-hybridized carbons (Fsp3) is 0.400. The largest absolute Gasteiger partial charge is 0.388 e. The lowest BCUT2D eigenvalue weighted by Gasteiger charge is -2.16. The first-order valence-corrected chi connectivity index (χ1v) is 4.65. The molecule has 3 nitrogen and oxygen atoms in total. The van der Waals surface area contributed by atoms with E-state index in [-0.39, 0.29) is 18.9 Å². The van der Waals surface area contributed by atoms with Crippen LogP contribution in [0.15, 0.2) is 18.2 Å². The van der Waals surface area contributed by atoms with Crippen LogP contribution in [-0.2, 0) is 4.74 Å². The van der Waals surface area contributed by atoms with E-state index in [2.05, 4.69) is 5.32 Å². The highest BCUT2D eigenvalue weighted by atomic mass is 19.1. The summed E-state index contributed by atoms with van der Waals surface area (Å²) in [6.45, 7) is 0.433. The molecule has 0 bridgehead atoms. The van der Waals surface area contributed by atoms with Crippen LogP contribution in [0.1, 0.15) is 0 Å². The predicted molar refractivity (Wildman–Crippen MR) is 50.6 cm³/mol. The maximum atomic E-state index is 13.2. The molecule has 82 valence electrons. The second-order valence-electron chi connectivity index (χ2n) is 3.45. The van der Waals surface area contributed by atoms with Crippen molar-refractivity contribution in [2.45, 2.75) is 12.1 Å². The van der Waals surface area contributed by atoms with Gasteiger partial charge in [0.05, 0.1) is 25.4 Å². The molecule has 15 heavy (non-hydrogen) atoms. The van der Waals surface area contributed by atoms with Crippen LogP contribution in [0.5, 0.6) is 0 Å². The molecule has 0 spiro atoms. The fourth-order valence-electron chi connectivity index (χ4n) is 1.50. The number of rotatable bonds is 2. The zero-order chi connectivity index (χ0) is 10.8. The van der Waals surface area contributed by atoms with Crippen LogP contribution >= 0.6 is 0 Å². The summed E-state index contributed by atoms with van der Waals surface area (Å²) in [4.78, 5) is 0. The number of para-hydroxylation sites is 1. The average Bonchev–Trinajstić information content (AvgIpc) is 2.58. The van der Waals surface area contributed by atoms with Gasteiger partial charge < -0.3 is 15.2 Å². The van der Waals surface area contributed by atoms with Gasteiger partial charge in [-0.2, -0.15) is 0 Å². The van der Waals surface area contributed by atoms with Crippen LogP contribution in [-0.4, -0.2) is 30.5 Å². The molecule has 0 amide bonds. The van der Waals surface area contributed by atoms with Crippen LogP contribution in [0.3, 0.4) is 0 Å². The van der Waals surface area contributed by atoms with Gasteiger partial charge in [0, 0.05) is 0 Å². The molecule has 1 saturated heterocycles. The summed E-state index contributed by atoms with van der Waals surface area (Å²) in [6, 6.07) is 3.15. The second kappa shape index (κ2) is 4.12. The van der Waals surface area contributed by atoms with Crippen LogP contribution in [0.2, 0.25) is 0 Å². The minimum atomic E-state index is -0.732. The number of aliphatic hydroxyl groups is 1. The number of nitrogens with one attached hydrogen (secondary N) is 1. The van der Waals surface area contributed by atoms with Gasteiger partial charge in [0.25, 0.3) is 0 Å². The van der Waals surface area contributed by atoms with Gasteiger partial charge in [-0.3, -0.25) is 0 Å². The summed E-state index contributed by atoms with van der Waals surface area (Å²) < 4.78 is 31.4. The summed E-state index contributed by atoms with van der Waals surface area (Å²) in [7, 11) is 0. The standard InChI is InChI=1S/C10H11F2NO2/c11-6-2-1-3-7(12)10(6)13-8-4-15-5-9(8)14/h1-3,8-9,13-14H,4-5H2. The Hall–Kier alpha value is -1.20. The van der Waals surface area contributed by atoms with Crippen molar-refractivity contribution in [1.29, 1.82) is 0 Å². The van der Waals surface area contributed by atoms with E-state index < -0.39 is 23.8 Å². The number of halogens is 2. The van der Waals surface area contributed by atoms with Crippen molar-refractivity contribution in [2.24, 2.45) is 0 Å². The van der Waals surface area contributed by atoms with Crippen LogP contribution < -0.4 is 5.32 Å². The summed E-state index contributed by atoms with van der Waals surface area (Å²) >= 11 is 0. The van der Waals surface area contributed by atoms with Gasteiger partial charge >= 0.3 is 0 Å². The third-order valence-corrected chi connectivity index (χ3v) is 2.34. The second-order valence-corrected chi connectivity index (χ2v) is 3.45. The Morgan fingerprint density at radius 1 is 1.27 bits per heavy atom. The topological polar surface area (TPSA) is 41.5 Å². The molecular weight excluding hydrogens is 204 g/mol. The van der Waals surface area contributed by atoms with Crippen molar-refractivity contribution in [3.8, 4) is 0 Å². The highest BCUT2D eigenvalue weighted by Gasteiger charge is 2.27. The summed E-state index contributed by atoms with van der Waals surface area (Å²) in [5.41, 5.74) is -0.216. The van der Waals surface area contributed by atoms with Gasteiger partial charge in [0.2, 0.25) is 0 Å². The van der Waals surface area contributed by atoms with E-state index in [1.807, 2.05) is 0 Å². The molecule has 1 aromatic rings. The van der Waals surface area contributed by atoms with E-state index in [0.29, 0.717) is 0 Å². The van der Waals surface area contributed by atoms with E-state index in [9.17, 15) is 13.9 Å². The van der Waals surface area contributed by atoms with Crippen molar-refractivity contribution >= 4 is 5.69 Å². The van der Waals surface area contributed by atoms with Crippen molar-refractivity contribution in [3.63, 3.8) is 0 Å². The first kappa shape index (κ1) is 10.3. The van der Waals surface area contributed by atoms with Gasteiger partial charge in [-0.25, -0.2) is 8.78 Å². The van der Waals surface area contributed by atoms with Crippen LogP contribution in [0.4, 0.5) is 14.5 Å². The molecule has 1 aromatic carbocycles. The van der Waals surface area contributed by atoms with Gasteiger partial charge in [-0.1, -0.05) is 6.07 Å². The lowest BCUT2D eigenvalue weighted by Crippen LogP contribution is -2.32. The molecule has 0 aliphatic carbocycles. The summed E-state index contributed by atoms with van der Waals surface area (Å²) in [5.74, 6) is -1.34. The van der Waals surface area contributed by atoms with E-state index in [1.165, 1.54) is 6.07 Å². The number of aliphatic hydroxyl groups excluding tert-OH is 1. The molecule has 2 N–H and O–H groups in total. The number of hydrogen-bond acceptors (Lipinski definition) is 3. The van der Waals surface area contributed by atoms with E-state index >= 15 is 0 Å². The third kappa shape index (κ3) is 2.08. The Morgan fingerprint density at radius 3 is 2.47 bits per heavy atom. The van der Waals surface area contributed by atoms with Crippen molar-refractivity contribution in [1.82, 2.24) is 0 Å². The Kier molecular flexibility index (Phi) is 2.83. The van der Waals surface area contributed by atoms with Gasteiger partial charge in [0.1, 0.15) is 17.3 Å². The minimum Gasteiger partial charge on any atom is -0.388 e. The van der Waals surface area contributed by atoms with Crippen molar-refractivity contribution in [2.75, 3.05) is 18.5 Å². The fourth-order valence-corrected chi connectivity index (χ4v) is 1.50. The molecule has 2 rings (SSSR count). The number of anilines is 1. The zero-order valence-electron chi connectivity index (χ0n) is 7.91. The molecule has 2 unspecified atom stereocenters. The lowest BCUT2D eigenvalue weighted by atomic mass is 10.2. The molecule has 0 radical (unpaired) electrons. The van der Waals surface area contributed by atoms with E-state index in [0.717, 1.165) is 12.1 Å². The Balaban J connectivity index is 2.16. The molecule has 1 fully saturated rings. The normalized spacial score (nSPS) is 25.5.